The fraction of sp³-hybridized carbons (Fsp3) is 1.00. The highest BCUT2D eigenvalue weighted by Crippen LogP contribution is 2.24. The van der Waals surface area contributed by atoms with Crippen molar-refractivity contribution in [3.8, 4) is 0 Å². The molecule has 0 aromatic rings. The zero-order chi connectivity index (χ0) is 8.93. The molecule has 0 bridgehead atoms. The minimum Gasteiger partial charge on any atom is -0.353 e. The van der Waals surface area contributed by atoms with Crippen LogP contribution in [0.5, 0.6) is 0 Å². The maximum Gasteiger partial charge on any atom is 0.157 e. The van der Waals surface area contributed by atoms with E-state index in [9.17, 15) is 0 Å². The summed E-state index contributed by atoms with van der Waals surface area (Å²) in [6.45, 7) is 0.900. The van der Waals surface area contributed by atoms with Gasteiger partial charge in [0.1, 0.15) is 0 Å². The summed E-state index contributed by atoms with van der Waals surface area (Å²) in [5.41, 5.74) is 0. The molecule has 0 amide bonds. The quantitative estimate of drug-likeness (QED) is 0.657. The van der Waals surface area contributed by atoms with Gasteiger partial charge < -0.3 is 9.47 Å². The van der Waals surface area contributed by atoms with Crippen LogP contribution in [0.3, 0.4) is 0 Å². The van der Waals surface area contributed by atoms with E-state index < -0.39 is 0 Å². The van der Waals surface area contributed by atoms with E-state index in [1.807, 2.05) is 0 Å². The van der Waals surface area contributed by atoms with Gasteiger partial charge in [-0.3, -0.25) is 0 Å². The summed E-state index contributed by atoms with van der Waals surface area (Å²) >= 11 is 0. The summed E-state index contributed by atoms with van der Waals surface area (Å²) < 4.78 is 11.5. The van der Waals surface area contributed by atoms with E-state index in [0.29, 0.717) is 6.10 Å². The standard InChI is InChI=1S/C11H20O2/c1-2-6-10(7-3-1)13-11-8-4-5-9-12-11/h10-11H,1-9H2. The van der Waals surface area contributed by atoms with Crippen molar-refractivity contribution in [2.75, 3.05) is 6.61 Å². The van der Waals surface area contributed by atoms with Crippen LogP contribution in [-0.2, 0) is 9.47 Å². The highest BCUT2D eigenvalue weighted by atomic mass is 16.7. The minimum absolute atomic E-state index is 0.122. The second kappa shape index (κ2) is 4.97. The molecule has 1 aliphatic carbocycles. The Morgan fingerprint density at radius 3 is 2.31 bits per heavy atom. The molecule has 2 fully saturated rings. The van der Waals surface area contributed by atoms with Crippen LogP contribution in [0.2, 0.25) is 0 Å². The summed E-state index contributed by atoms with van der Waals surface area (Å²) in [6, 6.07) is 0. The van der Waals surface area contributed by atoms with Crippen molar-refractivity contribution in [2.45, 2.75) is 63.8 Å². The maximum atomic E-state index is 5.91. The Morgan fingerprint density at radius 1 is 0.846 bits per heavy atom. The second-order valence-corrected chi connectivity index (χ2v) is 4.19. The molecule has 1 atom stereocenters. The van der Waals surface area contributed by atoms with Gasteiger partial charge in [0, 0.05) is 6.61 Å². The van der Waals surface area contributed by atoms with Gasteiger partial charge in [0.25, 0.3) is 0 Å². The third kappa shape index (κ3) is 2.96. The molecule has 0 spiro atoms. The first-order chi connectivity index (χ1) is 6.45. The third-order valence-electron chi connectivity index (χ3n) is 3.03. The van der Waals surface area contributed by atoms with Crippen molar-refractivity contribution in [1.82, 2.24) is 0 Å². The van der Waals surface area contributed by atoms with Gasteiger partial charge in [0.05, 0.1) is 6.10 Å². The Hall–Kier alpha value is -0.0800. The normalized spacial score (nSPS) is 31.8. The highest BCUT2D eigenvalue weighted by molar-refractivity contribution is 4.67. The molecular weight excluding hydrogens is 164 g/mol. The molecule has 2 heteroatoms. The van der Waals surface area contributed by atoms with Crippen LogP contribution >= 0.6 is 0 Å². The molecule has 1 saturated carbocycles. The predicted molar refractivity (Wildman–Crippen MR) is 51.5 cm³/mol. The van der Waals surface area contributed by atoms with Gasteiger partial charge in [0.15, 0.2) is 6.29 Å². The molecule has 1 heterocycles. The predicted octanol–water partition coefficient (Wildman–Crippen LogP) is 2.86. The monoisotopic (exact) mass is 184 g/mol. The van der Waals surface area contributed by atoms with Gasteiger partial charge in [0.2, 0.25) is 0 Å². The zero-order valence-electron chi connectivity index (χ0n) is 8.34. The van der Waals surface area contributed by atoms with Crippen LogP contribution in [0, 0.1) is 0 Å². The smallest absolute Gasteiger partial charge is 0.157 e. The number of hydrogen-bond donors (Lipinski definition) is 0. The first-order valence-corrected chi connectivity index (χ1v) is 5.72. The van der Waals surface area contributed by atoms with Crippen molar-refractivity contribution < 1.29 is 9.47 Å². The van der Waals surface area contributed by atoms with Gasteiger partial charge >= 0.3 is 0 Å². The van der Waals surface area contributed by atoms with Gasteiger partial charge in [-0.2, -0.15) is 0 Å². The summed E-state index contributed by atoms with van der Waals surface area (Å²) in [5.74, 6) is 0. The summed E-state index contributed by atoms with van der Waals surface area (Å²) in [7, 11) is 0. The Balaban J connectivity index is 1.69. The van der Waals surface area contributed by atoms with Gasteiger partial charge in [-0.25, -0.2) is 0 Å². The van der Waals surface area contributed by atoms with Crippen LogP contribution in [-0.4, -0.2) is 19.0 Å². The lowest BCUT2D eigenvalue weighted by molar-refractivity contribution is -0.193. The number of rotatable bonds is 2. The lowest BCUT2D eigenvalue weighted by Gasteiger charge is -2.29. The SMILES string of the molecule is C1CCC(OC2CCCCO2)CC1. The molecule has 0 radical (unpaired) electrons. The maximum absolute atomic E-state index is 5.91. The molecule has 13 heavy (non-hydrogen) atoms. The van der Waals surface area contributed by atoms with Crippen molar-refractivity contribution in [1.29, 1.82) is 0 Å². The first-order valence-electron chi connectivity index (χ1n) is 5.72. The van der Waals surface area contributed by atoms with Crippen LogP contribution in [0.4, 0.5) is 0 Å². The van der Waals surface area contributed by atoms with E-state index in [0.717, 1.165) is 13.0 Å². The molecule has 0 aromatic heterocycles. The Morgan fingerprint density at radius 2 is 1.62 bits per heavy atom. The topological polar surface area (TPSA) is 18.5 Å². The summed E-state index contributed by atoms with van der Waals surface area (Å²) in [5, 5.41) is 0. The molecule has 2 nitrogen and oxygen atoms in total. The summed E-state index contributed by atoms with van der Waals surface area (Å²) in [4.78, 5) is 0. The Labute approximate surface area is 80.6 Å². The van der Waals surface area contributed by atoms with Crippen LogP contribution < -0.4 is 0 Å². The van der Waals surface area contributed by atoms with E-state index in [1.54, 1.807) is 0 Å². The molecular formula is C11H20O2. The van der Waals surface area contributed by atoms with Crippen LogP contribution in [0.25, 0.3) is 0 Å². The molecule has 0 aromatic carbocycles. The number of ether oxygens (including phenoxy) is 2. The minimum atomic E-state index is 0.122. The van der Waals surface area contributed by atoms with Gasteiger partial charge in [-0.1, -0.05) is 19.3 Å². The van der Waals surface area contributed by atoms with Crippen molar-refractivity contribution in [2.24, 2.45) is 0 Å². The first kappa shape index (κ1) is 9.47. The van der Waals surface area contributed by atoms with E-state index in [2.05, 4.69) is 0 Å². The van der Waals surface area contributed by atoms with Crippen molar-refractivity contribution in [3.05, 3.63) is 0 Å². The molecule has 0 N–H and O–H groups in total. The Kier molecular flexibility index (Phi) is 3.62. The Bertz CT molecular complexity index is 119. The third-order valence-corrected chi connectivity index (χ3v) is 3.03. The van der Waals surface area contributed by atoms with E-state index in [1.165, 1.54) is 44.9 Å². The summed E-state index contributed by atoms with van der Waals surface area (Å²) in [6.07, 6.45) is 10.8. The average molecular weight is 184 g/mol. The fourth-order valence-corrected chi connectivity index (χ4v) is 2.23. The number of hydrogen-bond acceptors (Lipinski definition) is 2. The molecule has 1 saturated heterocycles. The second-order valence-electron chi connectivity index (χ2n) is 4.19. The van der Waals surface area contributed by atoms with E-state index >= 15 is 0 Å². The van der Waals surface area contributed by atoms with Crippen LogP contribution in [0.1, 0.15) is 51.4 Å². The molecule has 76 valence electrons. The average Bonchev–Trinajstić information content (AvgIpc) is 2.21. The van der Waals surface area contributed by atoms with E-state index in [4.69, 9.17) is 9.47 Å². The van der Waals surface area contributed by atoms with Gasteiger partial charge in [-0.15, -0.1) is 0 Å². The molecule has 2 rings (SSSR count). The molecule has 1 aliphatic heterocycles. The lowest BCUT2D eigenvalue weighted by atomic mass is 9.98. The van der Waals surface area contributed by atoms with Crippen LogP contribution in [0.15, 0.2) is 0 Å². The molecule has 2 aliphatic rings. The fourth-order valence-electron chi connectivity index (χ4n) is 2.23. The highest BCUT2D eigenvalue weighted by Gasteiger charge is 2.21. The zero-order valence-corrected chi connectivity index (χ0v) is 8.34. The van der Waals surface area contributed by atoms with Crippen molar-refractivity contribution >= 4 is 0 Å². The van der Waals surface area contributed by atoms with Gasteiger partial charge in [-0.05, 0) is 32.1 Å². The largest absolute Gasteiger partial charge is 0.353 e. The lowest BCUT2D eigenvalue weighted by Crippen LogP contribution is -2.29. The van der Waals surface area contributed by atoms with E-state index in [-0.39, 0.29) is 6.29 Å². The van der Waals surface area contributed by atoms with Crippen molar-refractivity contribution in [3.63, 3.8) is 0 Å². The molecule has 1 unspecified atom stereocenters.